The summed E-state index contributed by atoms with van der Waals surface area (Å²) in [6.45, 7) is 8.58. The van der Waals surface area contributed by atoms with Crippen LogP contribution in [0.4, 0.5) is 0 Å². The third-order valence-electron chi connectivity index (χ3n) is 2.42. The molecule has 92 valence electrons. The van der Waals surface area contributed by atoms with E-state index in [1.165, 1.54) is 0 Å². The predicted octanol–water partition coefficient (Wildman–Crippen LogP) is 1.38. The first-order valence-electron chi connectivity index (χ1n) is 6.02. The van der Waals surface area contributed by atoms with Crippen molar-refractivity contribution < 1.29 is 4.79 Å². The molecule has 1 atom stereocenters. The molecule has 4 nitrogen and oxygen atoms in total. The van der Waals surface area contributed by atoms with E-state index in [4.69, 9.17) is 5.26 Å². The number of hydrogen-bond acceptors (Lipinski definition) is 3. The molecule has 1 amide bonds. The monoisotopic (exact) mass is 225 g/mol. The quantitative estimate of drug-likeness (QED) is 0.635. The highest BCUT2D eigenvalue weighted by molar-refractivity contribution is 5.77. The van der Waals surface area contributed by atoms with Crippen LogP contribution in [0.1, 0.15) is 33.6 Å². The number of nitrogens with one attached hydrogen (secondary N) is 1. The molecule has 1 N–H and O–H groups in total. The van der Waals surface area contributed by atoms with Crippen molar-refractivity contribution in [2.75, 3.05) is 26.2 Å². The van der Waals surface area contributed by atoms with Gasteiger partial charge in [-0.1, -0.05) is 20.3 Å². The second-order valence-corrected chi connectivity index (χ2v) is 4.06. The van der Waals surface area contributed by atoms with E-state index in [9.17, 15) is 4.79 Å². The summed E-state index contributed by atoms with van der Waals surface area (Å²) in [5.74, 6) is 0.0313. The van der Waals surface area contributed by atoms with Crippen molar-refractivity contribution in [1.29, 1.82) is 5.26 Å². The highest BCUT2D eigenvalue weighted by Gasteiger charge is 2.11. The Labute approximate surface area is 98.6 Å². The Morgan fingerprint density at radius 1 is 1.50 bits per heavy atom. The summed E-state index contributed by atoms with van der Waals surface area (Å²) >= 11 is 0. The Bertz CT molecular complexity index is 235. The van der Waals surface area contributed by atoms with Crippen LogP contribution in [0.15, 0.2) is 0 Å². The summed E-state index contributed by atoms with van der Waals surface area (Å²) in [4.78, 5) is 13.5. The minimum atomic E-state index is -0.0246. The number of unbranched alkanes of at least 4 members (excludes halogenated alkanes) is 1. The SMILES string of the molecule is CCCCNC(=O)CN(CC)CC(C)C#N. The maximum Gasteiger partial charge on any atom is 0.234 e. The molecule has 0 aliphatic heterocycles. The zero-order valence-corrected chi connectivity index (χ0v) is 10.6. The first-order valence-corrected chi connectivity index (χ1v) is 6.02. The average molecular weight is 225 g/mol. The van der Waals surface area contributed by atoms with Gasteiger partial charge in [0, 0.05) is 13.1 Å². The number of likely N-dealkylation sites (N-methyl/N-ethyl adjacent to an activating group) is 1. The molecule has 0 aromatic carbocycles. The van der Waals surface area contributed by atoms with Crippen LogP contribution in [0.3, 0.4) is 0 Å². The molecule has 16 heavy (non-hydrogen) atoms. The number of rotatable bonds is 8. The number of carbonyl (C=O) groups is 1. The van der Waals surface area contributed by atoms with Crippen molar-refractivity contribution in [3.63, 3.8) is 0 Å². The lowest BCUT2D eigenvalue weighted by molar-refractivity contribution is -0.122. The third kappa shape index (κ3) is 7.24. The van der Waals surface area contributed by atoms with E-state index in [1.54, 1.807) is 0 Å². The van der Waals surface area contributed by atoms with Crippen molar-refractivity contribution >= 4 is 5.91 Å². The van der Waals surface area contributed by atoms with Crippen LogP contribution < -0.4 is 5.32 Å². The molecule has 0 spiro atoms. The van der Waals surface area contributed by atoms with Gasteiger partial charge < -0.3 is 5.32 Å². The van der Waals surface area contributed by atoms with E-state index in [1.807, 2.05) is 18.7 Å². The van der Waals surface area contributed by atoms with Gasteiger partial charge >= 0.3 is 0 Å². The van der Waals surface area contributed by atoms with E-state index in [2.05, 4.69) is 18.3 Å². The van der Waals surface area contributed by atoms with Gasteiger partial charge in [-0.2, -0.15) is 5.26 Å². The summed E-state index contributed by atoms with van der Waals surface area (Å²) in [5, 5.41) is 11.6. The zero-order chi connectivity index (χ0) is 12.4. The third-order valence-corrected chi connectivity index (χ3v) is 2.42. The summed E-state index contributed by atoms with van der Waals surface area (Å²) < 4.78 is 0. The van der Waals surface area contributed by atoms with Crippen molar-refractivity contribution in [3.05, 3.63) is 0 Å². The van der Waals surface area contributed by atoms with Crippen LogP contribution >= 0.6 is 0 Å². The highest BCUT2D eigenvalue weighted by atomic mass is 16.2. The van der Waals surface area contributed by atoms with E-state index < -0.39 is 0 Å². The van der Waals surface area contributed by atoms with Gasteiger partial charge in [0.05, 0.1) is 18.5 Å². The molecule has 0 aromatic rings. The number of nitrogens with zero attached hydrogens (tertiary/aromatic N) is 2. The Hall–Kier alpha value is -1.08. The Morgan fingerprint density at radius 2 is 2.19 bits per heavy atom. The van der Waals surface area contributed by atoms with E-state index in [0.29, 0.717) is 13.1 Å². The van der Waals surface area contributed by atoms with Crippen LogP contribution in [-0.4, -0.2) is 37.0 Å². The molecule has 0 saturated heterocycles. The summed E-state index contributed by atoms with van der Waals surface area (Å²) in [6.07, 6.45) is 2.11. The molecule has 0 aliphatic rings. The average Bonchev–Trinajstić information content (AvgIpc) is 2.28. The molecule has 1 unspecified atom stereocenters. The maximum absolute atomic E-state index is 11.5. The van der Waals surface area contributed by atoms with Gasteiger partial charge in [-0.15, -0.1) is 0 Å². The van der Waals surface area contributed by atoms with Crippen LogP contribution in [0.25, 0.3) is 0 Å². The molecule has 0 rings (SSSR count). The van der Waals surface area contributed by atoms with Crippen molar-refractivity contribution in [2.45, 2.75) is 33.6 Å². The Balaban J connectivity index is 3.84. The van der Waals surface area contributed by atoms with Crippen LogP contribution in [0.5, 0.6) is 0 Å². The number of carbonyl (C=O) groups excluding carboxylic acids is 1. The van der Waals surface area contributed by atoms with Gasteiger partial charge in [0.2, 0.25) is 5.91 Å². The zero-order valence-electron chi connectivity index (χ0n) is 10.6. The Morgan fingerprint density at radius 3 is 2.69 bits per heavy atom. The normalized spacial score (nSPS) is 12.2. The maximum atomic E-state index is 11.5. The number of amides is 1. The lowest BCUT2D eigenvalue weighted by Crippen LogP contribution is -2.39. The second-order valence-electron chi connectivity index (χ2n) is 4.06. The fraction of sp³-hybridized carbons (Fsp3) is 0.833. The van der Waals surface area contributed by atoms with Gasteiger partial charge in [0.25, 0.3) is 0 Å². The van der Waals surface area contributed by atoms with Crippen molar-refractivity contribution in [1.82, 2.24) is 10.2 Å². The summed E-state index contributed by atoms with van der Waals surface area (Å²) in [7, 11) is 0. The van der Waals surface area contributed by atoms with Gasteiger partial charge in [0.15, 0.2) is 0 Å². The summed E-state index contributed by atoms with van der Waals surface area (Å²) in [6, 6.07) is 2.18. The molecule has 0 bridgehead atoms. The Kier molecular flexibility index (Phi) is 8.55. The molecule has 0 aliphatic carbocycles. The highest BCUT2D eigenvalue weighted by Crippen LogP contribution is 1.97. The fourth-order valence-electron chi connectivity index (χ4n) is 1.40. The van der Waals surface area contributed by atoms with E-state index in [0.717, 1.165) is 25.9 Å². The lowest BCUT2D eigenvalue weighted by atomic mass is 10.2. The van der Waals surface area contributed by atoms with Gasteiger partial charge in [-0.05, 0) is 19.9 Å². The molecule has 0 aromatic heterocycles. The molecular weight excluding hydrogens is 202 g/mol. The van der Waals surface area contributed by atoms with Crippen LogP contribution in [0.2, 0.25) is 0 Å². The number of nitriles is 1. The number of hydrogen-bond donors (Lipinski definition) is 1. The molecular formula is C12H23N3O. The van der Waals surface area contributed by atoms with Gasteiger partial charge in [0.1, 0.15) is 0 Å². The largest absolute Gasteiger partial charge is 0.355 e. The van der Waals surface area contributed by atoms with Gasteiger partial charge in [-0.25, -0.2) is 0 Å². The van der Waals surface area contributed by atoms with Crippen LogP contribution in [0, 0.1) is 17.2 Å². The molecule has 0 radical (unpaired) electrons. The fourth-order valence-corrected chi connectivity index (χ4v) is 1.40. The van der Waals surface area contributed by atoms with E-state index in [-0.39, 0.29) is 11.8 Å². The standard InChI is InChI=1S/C12H23N3O/c1-4-6-7-14-12(16)10-15(5-2)9-11(3)8-13/h11H,4-7,9-10H2,1-3H3,(H,14,16). The smallest absolute Gasteiger partial charge is 0.234 e. The summed E-state index contributed by atoms with van der Waals surface area (Å²) in [5.41, 5.74) is 0. The lowest BCUT2D eigenvalue weighted by Gasteiger charge is -2.20. The van der Waals surface area contributed by atoms with Gasteiger partial charge in [-0.3, -0.25) is 9.69 Å². The minimum absolute atomic E-state index is 0.0246. The molecule has 0 heterocycles. The first kappa shape index (κ1) is 14.9. The predicted molar refractivity (Wildman–Crippen MR) is 64.8 cm³/mol. The molecule has 0 fully saturated rings. The van der Waals surface area contributed by atoms with Crippen LogP contribution in [-0.2, 0) is 4.79 Å². The van der Waals surface area contributed by atoms with Crippen molar-refractivity contribution in [3.8, 4) is 6.07 Å². The van der Waals surface area contributed by atoms with Crippen molar-refractivity contribution in [2.24, 2.45) is 5.92 Å². The second kappa shape index (κ2) is 9.17. The molecule has 0 saturated carbocycles. The van der Waals surface area contributed by atoms with E-state index >= 15 is 0 Å². The molecule has 4 heteroatoms. The minimum Gasteiger partial charge on any atom is -0.355 e. The first-order chi connectivity index (χ1) is 7.63. The topological polar surface area (TPSA) is 56.1 Å².